The highest BCUT2D eigenvalue weighted by atomic mass is 79.9. The highest BCUT2D eigenvalue weighted by molar-refractivity contribution is 9.10. The number of benzene rings is 1. The molecule has 1 heterocycles. The second-order valence-corrected chi connectivity index (χ2v) is 6.67. The highest BCUT2D eigenvalue weighted by Gasteiger charge is 2.10. The van der Waals surface area contributed by atoms with E-state index in [0.717, 1.165) is 4.88 Å². The monoisotopic (exact) mass is 388 g/mol. The maximum Gasteiger partial charge on any atom is 0.336 e. The standard InChI is InChI=1S/C13H10BrClN2O3S/c14-10-3-1-7(5-9(10)12(18)19)17-13(20)16-6-8-2-4-11(15)21-8/h1-5H,6H2,(H,18,19)(H2,16,17,20). The SMILES string of the molecule is O=C(NCc1ccc(Cl)s1)Nc1ccc(Br)c(C(=O)O)c1. The van der Waals surface area contributed by atoms with E-state index in [0.29, 0.717) is 21.0 Å². The summed E-state index contributed by atoms with van der Waals surface area (Å²) in [6, 6.07) is 7.73. The quantitative estimate of drug-likeness (QED) is 0.734. The van der Waals surface area contributed by atoms with Crippen LogP contribution in [0, 0.1) is 0 Å². The maximum atomic E-state index is 11.7. The molecule has 2 rings (SSSR count). The number of carbonyl (C=O) groups is 2. The third-order valence-electron chi connectivity index (χ3n) is 2.51. The molecule has 0 aliphatic carbocycles. The number of hydrogen-bond donors (Lipinski definition) is 3. The molecule has 8 heteroatoms. The van der Waals surface area contributed by atoms with Crippen LogP contribution in [0.1, 0.15) is 15.2 Å². The lowest BCUT2D eigenvalue weighted by Crippen LogP contribution is -2.27. The van der Waals surface area contributed by atoms with Gasteiger partial charge in [-0.2, -0.15) is 0 Å². The molecule has 0 aliphatic rings. The van der Waals surface area contributed by atoms with Crippen molar-refractivity contribution in [3.05, 3.63) is 49.6 Å². The number of rotatable bonds is 4. The lowest BCUT2D eigenvalue weighted by Gasteiger charge is -2.08. The molecule has 0 aliphatic heterocycles. The van der Waals surface area contributed by atoms with Crippen LogP contribution in [-0.4, -0.2) is 17.1 Å². The Hall–Kier alpha value is -1.57. The molecule has 0 spiro atoms. The summed E-state index contributed by atoms with van der Waals surface area (Å²) in [5.74, 6) is -1.07. The number of hydrogen-bond acceptors (Lipinski definition) is 3. The van der Waals surface area contributed by atoms with Crippen LogP contribution in [-0.2, 0) is 6.54 Å². The predicted octanol–water partition coefficient (Wildman–Crippen LogP) is 4.18. The van der Waals surface area contributed by atoms with Crippen LogP contribution in [0.5, 0.6) is 0 Å². The van der Waals surface area contributed by atoms with Gasteiger partial charge in [-0.3, -0.25) is 0 Å². The molecule has 0 atom stereocenters. The van der Waals surface area contributed by atoms with Crippen molar-refractivity contribution < 1.29 is 14.7 Å². The number of amides is 2. The zero-order chi connectivity index (χ0) is 15.4. The lowest BCUT2D eigenvalue weighted by atomic mass is 10.2. The van der Waals surface area contributed by atoms with E-state index >= 15 is 0 Å². The van der Waals surface area contributed by atoms with Crippen LogP contribution in [0.25, 0.3) is 0 Å². The van der Waals surface area contributed by atoms with Crippen LogP contribution in [0.2, 0.25) is 4.34 Å². The van der Waals surface area contributed by atoms with Gasteiger partial charge in [0.25, 0.3) is 0 Å². The molecule has 0 unspecified atom stereocenters. The topological polar surface area (TPSA) is 78.4 Å². The van der Waals surface area contributed by atoms with Gasteiger partial charge in [0.15, 0.2) is 0 Å². The van der Waals surface area contributed by atoms with E-state index in [1.54, 1.807) is 18.2 Å². The van der Waals surface area contributed by atoms with E-state index in [1.807, 2.05) is 6.07 Å². The van der Waals surface area contributed by atoms with Gasteiger partial charge < -0.3 is 15.7 Å². The third kappa shape index (κ3) is 4.45. The lowest BCUT2D eigenvalue weighted by molar-refractivity contribution is 0.0696. The zero-order valence-electron chi connectivity index (χ0n) is 10.5. The number of carboxylic acid groups (broad SMARTS) is 1. The first kappa shape index (κ1) is 15.8. The predicted molar refractivity (Wildman–Crippen MR) is 86.3 cm³/mol. The summed E-state index contributed by atoms with van der Waals surface area (Å²) in [7, 11) is 0. The number of nitrogens with one attached hydrogen (secondary N) is 2. The molecule has 5 nitrogen and oxygen atoms in total. The molecule has 1 aromatic heterocycles. The van der Waals surface area contributed by atoms with Crippen molar-refractivity contribution in [3.63, 3.8) is 0 Å². The van der Waals surface area contributed by atoms with Crippen molar-refractivity contribution in [3.8, 4) is 0 Å². The first-order chi connectivity index (χ1) is 9.95. The molecular formula is C13H10BrClN2O3S. The van der Waals surface area contributed by atoms with Gasteiger partial charge in [-0.05, 0) is 46.3 Å². The molecule has 2 amide bonds. The summed E-state index contributed by atoms with van der Waals surface area (Å²) < 4.78 is 1.11. The summed E-state index contributed by atoms with van der Waals surface area (Å²) in [6.07, 6.45) is 0. The Labute approximate surface area is 138 Å². The summed E-state index contributed by atoms with van der Waals surface area (Å²) >= 11 is 10.3. The first-order valence-corrected chi connectivity index (χ1v) is 7.76. The maximum absolute atomic E-state index is 11.7. The van der Waals surface area contributed by atoms with E-state index < -0.39 is 12.0 Å². The number of carbonyl (C=O) groups excluding carboxylic acids is 1. The Balaban J connectivity index is 1.96. The highest BCUT2D eigenvalue weighted by Crippen LogP contribution is 2.22. The molecule has 1 aromatic carbocycles. The largest absolute Gasteiger partial charge is 0.478 e. The van der Waals surface area contributed by atoms with Gasteiger partial charge in [0.05, 0.1) is 16.4 Å². The number of carboxylic acids is 1. The fourth-order valence-electron chi connectivity index (χ4n) is 1.56. The van der Waals surface area contributed by atoms with Gasteiger partial charge >= 0.3 is 12.0 Å². The van der Waals surface area contributed by atoms with Gasteiger partial charge in [0.1, 0.15) is 0 Å². The third-order valence-corrected chi connectivity index (χ3v) is 4.43. The van der Waals surface area contributed by atoms with Gasteiger partial charge in [-0.25, -0.2) is 9.59 Å². The van der Waals surface area contributed by atoms with Gasteiger partial charge in [-0.15, -0.1) is 11.3 Å². The summed E-state index contributed by atoms with van der Waals surface area (Å²) in [5, 5.41) is 14.3. The molecule has 0 saturated heterocycles. The van der Waals surface area contributed by atoms with Crippen molar-refractivity contribution >= 4 is 56.6 Å². The fraction of sp³-hybridized carbons (Fsp3) is 0.0769. The van der Waals surface area contributed by atoms with Crippen molar-refractivity contribution in [1.82, 2.24) is 5.32 Å². The van der Waals surface area contributed by atoms with E-state index in [4.69, 9.17) is 16.7 Å². The number of anilines is 1. The molecular weight excluding hydrogens is 380 g/mol. The van der Waals surface area contributed by atoms with Crippen LogP contribution in [0.15, 0.2) is 34.8 Å². The normalized spacial score (nSPS) is 10.2. The molecule has 0 radical (unpaired) electrons. The summed E-state index contributed by atoms with van der Waals surface area (Å²) in [4.78, 5) is 23.7. The van der Waals surface area contributed by atoms with E-state index in [9.17, 15) is 9.59 Å². The van der Waals surface area contributed by atoms with Gasteiger partial charge in [0.2, 0.25) is 0 Å². The number of aromatic carboxylic acids is 1. The molecule has 21 heavy (non-hydrogen) atoms. The van der Waals surface area contributed by atoms with Crippen LogP contribution >= 0.6 is 38.9 Å². The number of halogens is 2. The average molecular weight is 390 g/mol. The van der Waals surface area contributed by atoms with Crippen molar-refractivity contribution in [2.24, 2.45) is 0 Å². The number of thiophene rings is 1. The second-order valence-electron chi connectivity index (χ2n) is 4.01. The summed E-state index contributed by atoms with van der Waals surface area (Å²) in [5.41, 5.74) is 0.482. The average Bonchev–Trinajstić information content (AvgIpc) is 2.84. The fourth-order valence-corrected chi connectivity index (χ4v) is 3.00. The molecule has 3 N–H and O–H groups in total. The van der Waals surface area contributed by atoms with E-state index in [1.165, 1.54) is 17.4 Å². The van der Waals surface area contributed by atoms with Crippen molar-refractivity contribution in [2.45, 2.75) is 6.54 Å². The minimum Gasteiger partial charge on any atom is -0.478 e. The van der Waals surface area contributed by atoms with E-state index in [2.05, 4.69) is 26.6 Å². The summed E-state index contributed by atoms with van der Waals surface area (Å²) in [6.45, 7) is 0.353. The Morgan fingerprint density at radius 2 is 2.05 bits per heavy atom. The molecule has 0 bridgehead atoms. The smallest absolute Gasteiger partial charge is 0.336 e. The minimum absolute atomic E-state index is 0.0813. The Morgan fingerprint density at radius 1 is 1.29 bits per heavy atom. The van der Waals surface area contributed by atoms with Gasteiger partial charge in [0, 0.05) is 15.0 Å². The molecule has 110 valence electrons. The van der Waals surface area contributed by atoms with E-state index in [-0.39, 0.29) is 5.56 Å². The van der Waals surface area contributed by atoms with Crippen LogP contribution < -0.4 is 10.6 Å². The Morgan fingerprint density at radius 3 is 2.67 bits per heavy atom. The molecule has 2 aromatic rings. The van der Waals surface area contributed by atoms with Crippen LogP contribution in [0.3, 0.4) is 0 Å². The van der Waals surface area contributed by atoms with Crippen molar-refractivity contribution in [1.29, 1.82) is 0 Å². The first-order valence-electron chi connectivity index (χ1n) is 5.77. The molecule has 0 saturated carbocycles. The zero-order valence-corrected chi connectivity index (χ0v) is 13.7. The van der Waals surface area contributed by atoms with Gasteiger partial charge in [-0.1, -0.05) is 11.6 Å². The second kappa shape index (κ2) is 6.93. The number of urea groups is 1. The Kier molecular flexibility index (Phi) is 5.22. The van der Waals surface area contributed by atoms with Crippen molar-refractivity contribution in [2.75, 3.05) is 5.32 Å². The molecule has 0 fully saturated rings. The minimum atomic E-state index is -1.07. The van der Waals surface area contributed by atoms with Crippen LogP contribution in [0.4, 0.5) is 10.5 Å². The Bertz CT molecular complexity index is 690.